The van der Waals surface area contributed by atoms with Crippen LogP contribution >= 0.6 is 22.6 Å². The summed E-state index contributed by atoms with van der Waals surface area (Å²) in [6.45, 7) is 2.09. The number of rotatable bonds is 3. The van der Waals surface area contributed by atoms with Crippen LogP contribution in [-0.2, 0) is 0 Å². The fraction of sp³-hybridized carbons (Fsp3) is 0.182. The van der Waals surface area contributed by atoms with Gasteiger partial charge in [-0.3, -0.25) is 5.10 Å². The molecule has 0 aliphatic rings. The van der Waals surface area contributed by atoms with E-state index in [2.05, 4.69) is 45.0 Å². The van der Waals surface area contributed by atoms with Crippen LogP contribution in [-0.4, -0.2) is 10.2 Å². The molecular weight excluding hydrogens is 315 g/mol. The summed E-state index contributed by atoms with van der Waals surface area (Å²) >= 11 is 2.27. The Bertz CT molecular complexity index is 467. The topological polar surface area (TPSA) is 66.7 Å². The first-order chi connectivity index (χ1) is 7.66. The molecule has 1 unspecified atom stereocenters. The number of benzene rings is 1. The van der Waals surface area contributed by atoms with Gasteiger partial charge in [-0.25, -0.2) is 0 Å². The van der Waals surface area contributed by atoms with E-state index >= 15 is 0 Å². The first-order valence-electron chi connectivity index (χ1n) is 4.97. The largest absolute Gasteiger partial charge is 0.399 e. The number of hydrogen-bond acceptors (Lipinski definition) is 3. The standard InChI is InChI=1S/C11H13IN4/c1-7(8-5-14-15-6-8)16-11-3-2-9(13)4-10(11)12/h2-7,16H,13H2,1H3,(H,14,15). The van der Waals surface area contributed by atoms with Crippen LogP contribution in [0.4, 0.5) is 11.4 Å². The summed E-state index contributed by atoms with van der Waals surface area (Å²) in [5.74, 6) is 0. The molecule has 84 valence electrons. The summed E-state index contributed by atoms with van der Waals surface area (Å²) < 4.78 is 1.12. The minimum atomic E-state index is 0.218. The predicted molar refractivity (Wildman–Crippen MR) is 74.2 cm³/mol. The van der Waals surface area contributed by atoms with Crippen LogP contribution in [0.1, 0.15) is 18.5 Å². The SMILES string of the molecule is CC(Nc1ccc(N)cc1I)c1cn[nH]c1. The van der Waals surface area contributed by atoms with E-state index < -0.39 is 0 Å². The van der Waals surface area contributed by atoms with E-state index in [1.54, 1.807) is 0 Å². The van der Waals surface area contributed by atoms with Gasteiger partial charge in [-0.15, -0.1) is 0 Å². The van der Waals surface area contributed by atoms with E-state index in [4.69, 9.17) is 5.73 Å². The Morgan fingerprint density at radius 3 is 2.94 bits per heavy atom. The van der Waals surface area contributed by atoms with E-state index in [0.717, 1.165) is 20.5 Å². The minimum Gasteiger partial charge on any atom is -0.399 e. The molecule has 0 spiro atoms. The third kappa shape index (κ3) is 2.46. The molecular formula is C11H13IN4. The number of nitrogens with two attached hydrogens (primary N) is 1. The summed E-state index contributed by atoms with van der Waals surface area (Å²) in [6.07, 6.45) is 3.71. The number of nitrogen functional groups attached to an aromatic ring is 1. The van der Waals surface area contributed by atoms with Gasteiger partial charge in [-0.2, -0.15) is 5.10 Å². The molecule has 1 heterocycles. The van der Waals surface area contributed by atoms with Crippen molar-refractivity contribution in [3.63, 3.8) is 0 Å². The summed E-state index contributed by atoms with van der Waals surface area (Å²) in [6, 6.07) is 6.06. The van der Waals surface area contributed by atoms with Crippen molar-refractivity contribution in [2.45, 2.75) is 13.0 Å². The van der Waals surface area contributed by atoms with Crippen LogP contribution in [0.25, 0.3) is 0 Å². The second-order valence-electron chi connectivity index (χ2n) is 3.64. The van der Waals surface area contributed by atoms with Gasteiger partial charge in [-0.1, -0.05) is 0 Å². The molecule has 1 aromatic heterocycles. The zero-order valence-electron chi connectivity index (χ0n) is 8.87. The second-order valence-corrected chi connectivity index (χ2v) is 4.80. The Balaban J connectivity index is 2.15. The fourth-order valence-corrected chi connectivity index (χ4v) is 2.16. The quantitative estimate of drug-likeness (QED) is 0.600. The van der Waals surface area contributed by atoms with Crippen LogP contribution in [0.15, 0.2) is 30.6 Å². The molecule has 0 aliphatic heterocycles. The summed E-state index contributed by atoms with van der Waals surface area (Å²) in [7, 11) is 0. The summed E-state index contributed by atoms with van der Waals surface area (Å²) in [5.41, 5.74) is 8.71. The van der Waals surface area contributed by atoms with Crippen LogP contribution in [0.2, 0.25) is 0 Å². The van der Waals surface area contributed by atoms with Gasteiger partial charge in [0.25, 0.3) is 0 Å². The number of aromatic nitrogens is 2. The molecule has 0 aliphatic carbocycles. The van der Waals surface area contributed by atoms with Crippen molar-refractivity contribution in [2.75, 3.05) is 11.1 Å². The molecule has 0 fully saturated rings. The number of H-pyrrole nitrogens is 1. The van der Waals surface area contributed by atoms with E-state index in [1.807, 2.05) is 30.6 Å². The molecule has 1 aromatic carbocycles. The fourth-order valence-electron chi connectivity index (χ4n) is 1.46. The number of hydrogen-bond donors (Lipinski definition) is 3. The molecule has 16 heavy (non-hydrogen) atoms. The molecule has 0 saturated heterocycles. The van der Waals surface area contributed by atoms with Crippen molar-refractivity contribution in [2.24, 2.45) is 0 Å². The molecule has 4 N–H and O–H groups in total. The Kier molecular flexibility index (Phi) is 3.33. The third-order valence-corrected chi connectivity index (χ3v) is 3.28. The lowest BCUT2D eigenvalue weighted by atomic mass is 10.2. The highest BCUT2D eigenvalue weighted by Crippen LogP contribution is 2.24. The summed E-state index contributed by atoms with van der Waals surface area (Å²) in [5, 5.41) is 10.2. The molecule has 2 aromatic rings. The highest BCUT2D eigenvalue weighted by molar-refractivity contribution is 14.1. The van der Waals surface area contributed by atoms with Crippen LogP contribution in [0.5, 0.6) is 0 Å². The van der Waals surface area contributed by atoms with E-state index in [-0.39, 0.29) is 6.04 Å². The second kappa shape index (κ2) is 4.73. The maximum atomic E-state index is 5.71. The highest BCUT2D eigenvalue weighted by Gasteiger charge is 2.08. The van der Waals surface area contributed by atoms with Gasteiger partial charge < -0.3 is 11.1 Å². The Morgan fingerprint density at radius 2 is 2.31 bits per heavy atom. The average molecular weight is 328 g/mol. The molecule has 0 bridgehead atoms. The normalized spacial score (nSPS) is 12.4. The maximum absolute atomic E-state index is 5.71. The number of nitrogens with one attached hydrogen (secondary N) is 2. The number of anilines is 2. The lowest BCUT2D eigenvalue weighted by molar-refractivity contribution is 0.885. The average Bonchev–Trinajstić information content (AvgIpc) is 2.75. The Labute approximate surface area is 108 Å². The van der Waals surface area contributed by atoms with E-state index in [9.17, 15) is 0 Å². The van der Waals surface area contributed by atoms with Crippen molar-refractivity contribution in [1.82, 2.24) is 10.2 Å². The van der Waals surface area contributed by atoms with Crippen molar-refractivity contribution in [1.29, 1.82) is 0 Å². The van der Waals surface area contributed by atoms with Crippen molar-refractivity contribution < 1.29 is 0 Å². The van der Waals surface area contributed by atoms with Gasteiger partial charge in [-0.05, 0) is 47.7 Å². The number of nitrogens with zero attached hydrogens (tertiary/aromatic N) is 1. The van der Waals surface area contributed by atoms with Gasteiger partial charge in [0.2, 0.25) is 0 Å². The smallest absolute Gasteiger partial charge is 0.0539 e. The third-order valence-electron chi connectivity index (χ3n) is 2.38. The van der Waals surface area contributed by atoms with Crippen molar-refractivity contribution >= 4 is 34.0 Å². The maximum Gasteiger partial charge on any atom is 0.0539 e. The monoisotopic (exact) mass is 328 g/mol. The lowest BCUT2D eigenvalue weighted by Gasteiger charge is -2.15. The first-order valence-corrected chi connectivity index (χ1v) is 6.05. The van der Waals surface area contributed by atoms with Gasteiger partial charge >= 0.3 is 0 Å². The van der Waals surface area contributed by atoms with Gasteiger partial charge in [0.1, 0.15) is 0 Å². The molecule has 1 atom stereocenters. The zero-order valence-corrected chi connectivity index (χ0v) is 11.0. The van der Waals surface area contributed by atoms with Crippen molar-refractivity contribution in [3.8, 4) is 0 Å². The zero-order chi connectivity index (χ0) is 11.5. The Hall–Kier alpha value is -1.24. The molecule has 2 rings (SSSR count). The van der Waals surface area contributed by atoms with Crippen LogP contribution in [0, 0.1) is 3.57 Å². The predicted octanol–water partition coefficient (Wildman–Crippen LogP) is 2.77. The first kappa shape index (κ1) is 11.3. The Morgan fingerprint density at radius 1 is 1.50 bits per heavy atom. The van der Waals surface area contributed by atoms with Gasteiger partial charge in [0.15, 0.2) is 0 Å². The minimum absolute atomic E-state index is 0.218. The van der Waals surface area contributed by atoms with Crippen molar-refractivity contribution in [3.05, 3.63) is 39.7 Å². The van der Waals surface area contributed by atoms with Gasteiger partial charge in [0, 0.05) is 26.7 Å². The summed E-state index contributed by atoms with van der Waals surface area (Å²) in [4.78, 5) is 0. The lowest BCUT2D eigenvalue weighted by Crippen LogP contribution is -2.07. The van der Waals surface area contributed by atoms with E-state index in [1.165, 1.54) is 0 Å². The number of halogens is 1. The molecule has 0 amide bonds. The van der Waals surface area contributed by atoms with Crippen LogP contribution in [0.3, 0.4) is 0 Å². The van der Waals surface area contributed by atoms with E-state index in [0.29, 0.717) is 0 Å². The molecule has 0 saturated carbocycles. The highest BCUT2D eigenvalue weighted by atomic mass is 127. The number of aromatic amines is 1. The molecule has 0 radical (unpaired) electrons. The molecule has 4 nitrogen and oxygen atoms in total. The van der Waals surface area contributed by atoms with Crippen LogP contribution < -0.4 is 11.1 Å². The van der Waals surface area contributed by atoms with Gasteiger partial charge in [0.05, 0.1) is 12.2 Å². The molecule has 5 heteroatoms.